The highest BCUT2D eigenvalue weighted by molar-refractivity contribution is 5.87. The molecule has 0 unspecified atom stereocenters. The van der Waals surface area contributed by atoms with Gasteiger partial charge < -0.3 is 14.3 Å². The van der Waals surface area contributed by atoms with Gasteiger partial charge in [0.25, 0.3) is 0 Å². The number of furan rings is 1. The van der Waals surface area contributed by atoms with E-state index >= 15 is 0 Å². The van der Waals surface area contributed by atoms with Gasteiger partial charge >= 0.3 is 0 Å². The van der Waals surface area contributed by atoms with Crippen molar-refractivity contribution in [2.24, 2.45) is 0 Å². The Hall–Kier alpha value is -1.48. The third-order valence-corrected chi connectivity index (χ3v) is 2.46. The van der Waals surface area contributed by atoms with Crippen LogP contribution >= 0.6 is 0 Å². The predicted molar refractivity (Wildman–Crippen MR) is 58.0 cm³/mol. The molecule has 2 rings (SSSR count). The molecule has 0 aliphatic carbocycles. The molecule has 0 atom stereocenters. The maximum Gasteiger partial charge on any atom is 0.176 e. The van der Waals surface area contributed by atoms with Gasteiger partial charge in [-0.2, -0.15) is 0 Å². The van der Waals surface area contributed by atoms with Gasteiger partial charge in [-0.05, 0) is 31.5 Å². The molecule has 1 N–H and O–H groups in total. The van der Waals surface area contributed by atoms with E-state index in [1.54, 1.807) is 33.3 Å². The first-order valence-electron chi connectivity index (χ1n) is 4.81. The summed E-state index contributed by atoms with van der Waals surface area (Å²) in [4.78, 5) is 0. The molecule has 0 amide bonds. The van der Waals surface area contributed by atoms with Crippen molar-refractivity contribution in [1.29, 1.82) is 0 Å². The van der Waals surface area contributed by atoms with Crippen molar-refractivity contribution in [3.8, 4) is 5.75 Å². The maximum atomic E-state index is 9.99. The van der Waals surface area contributed by atoms with E-state index in [0.29, 0.717) is 11.3 Å². The average molecular weight is 206 g/mol. The SMILES string of the molecule is COc1ccc(C(C)(C)O)c2ccoc12. The Morgan fingerprint density at radius 1 is 1.27 bits per heavy atom. The second kappa shape index (κ2) is 3.28. The molecule has 15 heavy (non-hydrogen) atoms. The summed E-state index contributed by atoms with van der Waals surface area (Å²) in [5, 5.41) is 10.9. The van der Waals surface area contributed by atoms with Crippen LogP contribution in [-0.2, 0) is 5.60 Å². The fourth-order valence-electron chi connectivity index (χ4n) is 1.73. The van der Waals surface area contributed by atoms with E-state index in [4.69, 9.17) is 9.15 Å². The van der Waals surface area contributed by atoms with Gasteiger partial charge in [0.2, 0.25) is 0 Å². The average Bonchev–Trinajstić information content (AvgIpc) is 2.62. The molecular weight excluding hydrogens is 192 g/mol. The molecule has 0 aliphatic rings. The van der Waals surface area contributed by atoms with Gasteiger partial charge in [0.15, 0.2) is 11.3 Å². The number of hydrogen-bond donors (Lipinski definition) is 1. The molecule has 3 heteroatoms. The van der Waals surface area contributed by atoms with Crippen molar-refractivity contribution in [3.63, 3.8) is 0 Å². The van der Waals surface area contributed by atoms with Gasteiger partial charge in [-0.3, -0.25) is 0 Å². The quantitative estimate of drug-likeness (QED) is 0.821. The molecular formula is C12H14O3. The molecule has 0 radical (unpaired) electrons. The zero-order valence-electron chi connectivity index (χ0n) is 9.07. The standard InChI is InChI=1S/C12H14O3/c1-12(2,13)9-4-5-10(14-3)11-8(9)6-7-15-11/h4-7,13H,1-3H3. The molecule has 3 nitrogen and oxygen atoms in total. The van der Waals surface area contributed by atoms with Crippen LogP contribution in [0.15, 0.2) is 28.9 Å². The van der Waals surface area contributed by atoms with Crippen LogP contribution in [0.25, 0.3) is 11.0 Å². The van der Waals surface area contributed by atoms with Crippen LogP contribution in [0.2, 0.25) is 0 Å². The van der Waals surface area contributed by atoms with Crippen LogP contribution < -0.4 is 4.74 Å². The van der Waals surface area contributed by atoms with Crippen molar-refractivity contribution >= 4 is 11.0 Å². The third-order valence-electron chi connectivity index (χ3n) is 2.46. The van der Waals surface area contributed by atoms with E-state index in [0.717, 1.165) is 10.9 Å². The minimum absolute atomic E-state index is 0.678. The number of ether oxygens (including phenoxy) is 1. The number of aliphatic hydroxyl groups is 1. The highest BCUT2D eigenvalue weighted by Crippen LogP contribution is 2.34. The van der Waals surface area contributed by atoms with E-state index in [-0.39, 0.29) is 0 Å². The fourth-order valence-corrected chi connectivity index (χ4v) is 1.73. The lowest BCUT2D eigenvalue weighted by Gasteiger charge is -2.19. The van der Waals surface area contributed by atoms with E-state index in [1.807, 2.05) is 12.1 Å². The second-order valence-corrected chi connectivity index (χ2v) is 4.04. The Morgan fingerprint density at radius 2 is 2.00 bits per heavy atom. The monoisotopic (exact) mass is 206 g/mol. The van der Waals surface area contributed by atoms with Crippen LogP contribution in [0, 0.1) is 0 Å². The lowest BCUT2D eigenvalue weighted by atomic mass is 9.95. The van der Waals surface area contributed by atoms with Gasteiger partial charge in [-0.25, -0.2) is 0 Å². The lowest BCUT2D eigenvalue weighted by molar-refractivity contribution is 0.0801. The lowest BCUT2D eigenvalue weighted by Crippen LogP contribution is -2.15. The Kier molecular flexibility index (Phi) is 2.20. The smallest absolute Gasteiger partial charge is 0.176 e. The summed E-state index contributed by atoms with van der Waals surface area (Å²) in [5.74, 6) is 0.683. The largest absolute Gasteiger partial charge is 0.493 e. The fraction of sp³-hybridized carbons (Fsp3) is 0.333. The second-order valence-electron chi connectivity index (χ2n) is 4.04. The zero-order chi connectivity index (χ0) is 11.1. The number of rotatable bonds is 2. The topological polar surface area (TPSA) is 42.6 Å². The molecule has 1 aromatic carbocycles. The van der Waals surface area contributed by atoms with Gasteiger partial charge in [-0.1, -0.05) is 6.07 Å². The van der Waals surface area contributed by atoms with Crippen LogP contribution in [0.5, 0.6) is 5.75 Å². The van der Waals surface area contributed by atoms with Crippen molar-refractivity contribution in [3.05, 3.63) is 30.0 Å². The highest BCUT2D eigenvalue weighted by atomic mass is 16.5. The minimum Gasteiger partial charge on any atom is -0.493 e. The number of hydrogen-bond acceptors (Lipinski definition) is 3. The number of fused-ring (bicyclic) bond motifs is 1. The van der Waals surface area contributed by atoms with E-state index in [2.05, 4.69) is 0 Å². The first kappa shape index (κ1) is 10.1. The van der Waals surface area contributed by atoms with E-state index in [1.165, 1.54) is 0 Å². The van der Waals surface area contributed by atoms with Crippen LogP contribution in [0.3, 0.4) is 0 Å². The zero-order valence-corrected chi connectivity index (χ0v) is 9.07. The molecule has 0 saturated heterocycles. The first-order valence-corrected chi connectivity index (χ1v) is 4.81. The highest BCUT2D eigenvalue weighted by Gasteiger charge is 2.21. The Balaban J connectivity index is 2.74. The Labute approximate surface area is 88.3 Å². The number of benzene rings is 1. The molecule has 80 valence electrons. The summed E-state index contributed by atoms with van der Waals surface area (Å²) in [7, 11) is 1.60. The van der Waals surface area contributed by atoms with Crippen molar-refractivity contribution in [2.75, 3.05) is 7.11 Å². The van der Waals surface area contributed by atoms with Gasteiger partial charge in [0, 0.05) is 5.39 Å². The summed E-state index contributed by atoms with van der Waals surface area (Å²) >= 11 is 0. The Bertz CT molecular complexity index is 477. The Morgan fingerprint density at radius 3 is 2.60 bits per heavy atom. The summed E-state index contributed by atoms with van der Waals surface area (Å²) in [6, 6.07) is 5.50. The molecule has 1 aromatic heterocycles. The van der Waals surface area contributed by atoms with Crippen LogP contribution in [-0.4, -0.2) is 12.2 Å². The molecule has 0 saturated carbocycles. The molecule has 0 aliphatic heterocycles. The van der Waals surface area contributed by atoms with E-state index < -0.39 is 5.60 Å². The number of methoxy groups -OCH3 is 1. The van der Waals surface area contributed by atoms with Crippen molar-refractivity contribution in [2.45, 2.75) is 19.4 Å². The minimum atomic E-state index is -0.881. The molecule has 1 heterocycles. The molecule has 2 aromatic rings. The molecule has 0 spiro atoms. The van der Waals surface area contributed by atoms with Gasteiger partial charge in [0.05, 0.1) is 19.0 Å². The van der Waals surface area contributed by atoms with Crippen molar-refractivity contribution in [1.82, 2.24) is 0 Å². The molecule has 0 fully saturated rings. The van der Waals surface area contributed by atoms with Crippen molar-refractivity contribution < 1.29 is 14.3 Å². The first-order chi connectivity index (χ1) is 7.04. The van der Waals surface area contributed by atoms with Gasteiger partial charge in [-0.15, -0.1) is 0 Å². The third kappa shape index (κ3) is 1.59. The van der Waals surface area contributed by atoms with Crippen LogP contribution in [0.4, 0.5) is 0 Å². The van der Waals surface area contributed by atoms with Gasteiger partial charge in [0.1, 0.15) is 0 Å². The summed E-state index contributed by atoms with van der Waals surface area (Å²) < 4.78 is 10.5. The summed E-state index contributed by atoms with van der Waals surface area (Å²) in [5.41, 5.74) is 0.637. The normalized spacial score (nSPS) is 12.0. The maximum absolute atomic E-state index is 9.99. The molecule has 0 bridgehead atoms. The van der Waals surface area contributed by atoms with E-state index in [9.17, 15) is 5.11 Å². The summed E-state index contributed by atoms with van der Waals surface area (Å²) in [6.45, 7) is 3.50. The summed E-state index contributed by atoms with van der Waals surface area (Å²) in [6.07, 6.45) is 1.60. The van der Waals surface area contributed by atoms with Crippen LogP contribution in [0.1, 0.15) is 19.4 Å². The predicted octanol–water partition coefficient (Wildman–Crippen LogP) is 2.67.